The highest BCUT2D eigenvalue weighted by molar-refractivity contribution is 6.30. The van der Waals surface area contributed by atoms with Gasteiger partial charge in [-0.15, -0.1) is 5.10 Å². The second kappa shape index (κ2) is 4.51. The number of carbonyl (C=O) groups is 1. The molecule has 2 heterocycles. The summed E-state index contributed by atoms with van der Waals surface area (Å²) in [6.45, 7) is 1.75. The van der Waals surface area contributed by atoms with E-state index in [1.165, 1.54) is 0 Å². The minimum atomic E-state index is -0.134. The Hall–Kier alpha value is -1.72. The maximum Gasteiger partial charge on any atom is 0.214 e. The molecule has 0 bridgehead atoms. The second-order valence-electron chi connectivity index (χ2n) is 4.23. The number of ketones is 1. The van der Waals surface area contributed by atoms with Gasteiger partial charge in [-0.1, -0.05) is 16.8 Å². The van der Waals surface area contributed by atoms with Gasteiger partial charge in [-0.2, -0.15) is 0 Å². The van der Waals surface area contributed by atoms with Crippen molar-refractivity contribution in [3.05, 3.63) is 46.7 Å². The normalized spacial score (nSPS) is 15.4. The van der Waals surface area contributed by atoms with Gasteiger partial charge in [-0.3, -0.25) is 4.79 Å². The van der Waals surface area contributed by atoms with E-state index in [0.717, 1.165) is 13.1 Å². The molecule has 0 saturated carbocycles. The zero-order chi connectivity index (χ0) is 12.5. The summed E-state index contributed by atoms with van der Waals surface area (Å²) in [6, 6.07) is 7.07. The van der Waals surface area contributed by atoms with Crippen LogP contribution in [-0.2, 0) is 0 Å². The predicted octanol–water partition coefficient (Wildman–Crippen LogP) is 1.31. The molecule has 0 spiro atoms. The van der Waals surface area contributed by atoms with E-state index in [9.17, 15) is 4.79 Å². The SMILES string of the molecule is O=C(c1ccc(Cl)cc1)c1cn(C2CNC2)nn1. The number of nitrogens with one attached hydrogen (secondary N) is 1. The molecule has 0 amide bonds. The number of halogens is 1. The summed E-state index contributed by atoms with van der Waals surface area (Å²) in [4.78, 5) is 12.1. The molecule has 1 aliphatic heterocycles. The Morgan fingerprint density at radius 1 is 1.33 bits per heavy atom. The lowest BCUT2D eigenvalue weighted by molar-refractivity contribution is 0.103. The van der Waals surface area contributed by atoms with Crippen LogP contribution < -0.4 is 5.32 Å². The van der Waals surface area contributed by atoms with Gasteiger partial charge in [0.15, 0.2) is 5.69 Å². The van der Waals surface area contributed by atoms with E-state index in [4.69, 9.17) is 11.6 Å². The van der Waals surface area contributed by atoms with Gasteiger partial charge >= 0.3 is 0 Å². The van der Waals surface area contributed by atoms with Crippen LogP contribution in [0.3, 0.4) is 0 Å². The number of rotatable bonds is 3. The van der Waals surface area contributed by atoms with Crippen molar-refractivity contribution in [1.82, 2.24) is 20.3 Å². The van der Waals surface area contributed by atoms with E-state index in [1.807, 2.05) is 0 Å². The third kappa shape index (κ3) is 2.02. The lowest BCUT2D eigenvalue weighted by atomic mass is 10.1. The fourth-order valence-electron chi connectivity index (χ4n) is 1.77. The van der Waals surface area contributed by atoms with Gasteiger partial charge < -0.3 is 5.32 Å². The van der Waals surface area contributed by atoms with E-state index in [-0.39, 0.29) is 5.78 Å². The van der Waals surface area contributed by atoms with Gasteiger partial charge in [0.2, 0.25) is 5.78 Å². The summed E-state index contributed by atoms with van der Waals surface area (Å²) >= 11 is 5.78. The molecule has 0 radical (unpaired) electrons. The molecule has 3 rings (SSSR count). The fourth-order valence-corrected chi connectivity index (χ4v) is 1.89. The second-order valence-corrected chi connectivity index (χ2v) is 4.67. The highest BCUT2D eigenvalue weighted by Gasteiger charge is 2.22. The highest BCUT2D eigenvalue weighted by Crippen LogP contribution is 2.14. The summed E-state index contributed by atoms with van der Waals surface area (Å²) in [5, 5.41) is 11.7. The van der Waals surface area contributed by atoms with Gasteiger partial charge in [0.25, 0.3) is 0 Å². The van der Waals surface area contributed by atoms with Crippen LogP contribution in [-0.4, -0.2) is 33.9 Å². The zero-order valence-electron chi connectivity index (χ0n) is 9.51. The zero-order valence-corrected chi connectivity index (χ0v) is 10.3. The van der Waals surface area contributed by atoms with Gasteiger partial charge in [0.1, 0.15) is 0 Å². The van der Waals surface area contributed by atoms with Crippen LogP contribution >= 0.6 is 11.6 Å². The lowest BCUT2D eigenvalue weighted by Gasteiger charge is -2.26. The first-order chi connectivity index (χ1) is 8.74. The minimum Gasteiger partial charge on any atom is -0.312 e. The van der Waals surface area contributed by atoms with Crippen molar-refractivity contribution in [2.24, 2.45) is 0 Å². The van der Waals surface area contributed by atoms with Crippen molar-refractivity contribution in [3.8, 4) is 0 Å². The first-order valence-corrected chi connectivity index (χ1v) is 6.04. The maximum atomic E-state index is 12.1. The average Bonchev–Trinajstić information content (AvgIpc) is 2.76. The molecular weight excluding hydrogens is 252 g/mol. The van der Waals surface area contributed by atoms with Gasteiger partial charge in [-0.25, -0.2) is 4.68 Å². The van der Waals surface area contributed by atoms with Gasteiger partial charge in [0, 0.05) is 23.7 Å². The van der Waals surface area contributed by atoms with Crippen LogP contribution in [0.25, 0.3) is 0 Å². The molecule has 1 N–H and O–H groups in total. The van der Waals surface area contributed by atoms with Crippen LogP contribution in [0.4, 0.5) is 0 Å². The first-order valence-electron chi connectivity index (χ1n) is 5.67. The number of hydrogen-bond acceptors (Lipinski definition) is 4. The van der Waals surface area contributed by atoms with Crippen LogP contribution in [0.1, 0.15) is 22.1 Å². The average molecular weight is 263 g/mol. The third-order valence-corrected chi connectivity index (χ3v) is 3.24. The molecule has 6 heteroatoms. The first kappa shape index (κ1) is 11.4. The van der Waals surface area contributed by atoms with Crippen molar-refractivity contribution >= 4 is 17.4 Å². The van der Waals surface area contributed by atoms with Crippen LogP contribution in [0.15, 0.2) is 30.5 Å². The van der Waals surface area contributed by atoms with Crippen LogP contribution in [0.5, 0.6) is 0 Å². The third-order valence-electron chi connectivity index (χ3n) is 2.98. The van der Waals surface area contributed by atoms with E-state index < -0.39 is 0 Å². The Bertz CT molecular complexity index is 574. The molecule has 18 heavy (non-hydrogen) atoms. The summed E-state index contributed by atoms with van der Waals surface area (Å²) in [5.41, 5.74) is 0.933. The standard InChI is InChI=1S/C12H11ClN4O/c13-9-3-1-8(2-4-9)12(18)11-7-17(16-15-11)10-5-14-6-10/h1-4,7,10,14H,5-6H2. The minimum absolute atomic E-state index is 0.134. The number of nitrogens with zero attached hydrogens (tertiary/aromatic N) is 3. The quantitative estimate of drug-likeness (QED) is 0.848. The molecule has 1 aromatic heterocycles. The van der Waals surface area contributed by atoms with Crippen LogP contribution in [0.2, 0.25) is 5.02 Å². The fraction of sp³-hybridized carbons (Fsp3) is 0.250. The van der Waals surface area contributed by atoms with Crippen molar-refractivity contribution in [2.75, 3.05) is 13.1 Å². The van der Waals surface area contributed by atoms with E-state index in [1.54, 1.807) is 35.1 Å². The van der Waals surface area contributed by atoms with E-state index in [0.29, 0.717) is 22.3 Å². The van der Waals surface area contributed by atoms with Crippen molar-refractivity contribution < 1.29 is 4.79 Å². The molecule has 92 valence electrons. The molecule has 1 fully saturated rings. The highest BCUT2D eigenvalue weighted by atomic mass is 35.5. The Kier molecular flexibility index (Phi) is 2.85. The largest absolute Gasteiger partial charge is 0.312 e. The summed E-state index contributed by atoms with van der Waals surface area (Å²) in [5.74, 6) is -0.134. The topological polar surface area (TPSA) is 59.8 Å². The molecule has 1 saturated heterocycles. The van der Waals surface area contributed by atoms with E-state index >= 15 is 0 Å². The van der Waals surface area contributed by atoms with Crippen molar-refractivity contribution in [2.45, 2.75) is 6.04 Å². The number of aromatic nitrogens is 3. The summed E-state index contributed by atoms with van der Waals surface area (Å²) in [6.07, 6.45) is 1.70. The summed E-state index contributed by atoms with van der Waals surface area (Å²) < 4.78 is 1.74. The molecule has 0 aliphatic carbocycles. The Balaban J connectivity index is 1.83. The molecule has 5 nitrogen and oxygen atoms in total. The maximum absolute atomic E-state index is 12.1. The van der Waals surface area contributed by atoms with Crippen molar-refractivity contribution in [1.29, 1.82) is 0 Å². The Morgan fingerprint density at radius 3 is 2.67 bits per heavy atom. The number of benzene rings is 1. The molecular formula is C12H11ClN4O. The van der Waals surface area contributed by atoms with Crippen molar-refractivity contribution in [3.63, 3.8) is 0 Å². The molecule has 1 aromatic carbocycles. The number of hydrogen-bond donors (Lipinski definition) is 1. The van der Waals surface area contributed by atoms with Crippen LogP contribution in [0, 0.1) is 0 Å². The van der Waals surface area contributed by atoms with E-state index in [2.05, 4.69) is 15.6 Å². The number of carbonyl (C=O) groups excluding carboxylic acids is 1. The Labute approximate surface area is 109 Å². The predicted molar refractivity (Wildman–Crippen MR) is 66.8 cm³/mol. The van der Waals surface area contributed by atoms with Gasteiger partial charge in [0.05, 0.1) is 12.2 Å². The monoisotopic (exact) mass is 262 g/mol. The molecule has 0 unspecified atom stereocenters. The molecule has 1 aliphatic rings. The summed E-state index contributed by atoms with van der Waals surface area (Å²) in [7, 11) is 0. The molecule has 0 atom stereocenters. The molecule has 2 aromatic rings. The smallest absolute Gasteiger partial charge is 0.214 e. The lowest BCUT2D eigenvalue weighted by Crippen LogP contribution is -2.43. The Morgan fingerprint density at radius 2 is 2.06 bits per heavy atom. The van der Waals surface area contributed by atoms with Gasteiger partial charge in [-0.05, 0) is 24.3 Å².